The summed E-state index contributed by atoms with van der Waals surface area (Å²) in [6.45, 7) is 10.6. The number of hydrogen-bond donors (Lipinski definition) is 0. The zero-order valence-electron chi connectivity index (χ0n) is 73.2. The van der Waals surface area contributed by atoms with Crippen LogP contribution >= 0.6 is 0 Å². The van der Waals surface area contributed by atoms with Crippen LogP contribution in [0, 0.1) is 155 Å². The van der Waals surface area contributed by atoms with E-state index in [-0.39, 0.29) is 73.7 Å². The molecule has 4 heterocycles. The largest absolute Gasteiger partial charge is 0.453 e. The van der Waals surface area contributed by atoms with Gasteiger partial charge in [-0.1, -0.05) is 147 Å². The molecule has 0 fully saturated rings. The van der Waals surface area contributed by atoms with Gasteiger partial charge in [-0.05, 0) is 193 Å². The minimum Gasteiger partial charge on any atom is -0.453 e. The third-order valence-corrected chi connectivity index (χ3v) is 24.4. The van der Waals surface area contributed by atoms with Crippen molar-refractivity contribution < 1.29 is 132 Å². The molecule has 720 valence electrons. The van der Waals surface area contributed by atoms with Gasteiger partial charge in [0, 0.05) is 27.0 Å². The molecule has 20 rings (SSSR count). The summed E-state index contributed by atoms with van der Waals surface area (Å²) in [7, 11) is 0. The van der Waals surface area contributed by atoms with Gasteiger partial charge >= 0.3 is 18.5 Å². The molecule has 0 unspecified atom stereocenters. The van der Waals surface area contributed by atoms with Crippen molar-refractivity contribution in [3.8, 4) is 73.5 Å². The van der Waals surface area contributed by atoms with Crippen LogP contribution in [0.3, 0.4) is 0 Å². The summed E-state index contributed by atoms with van der Waals surface area (Å²) in [5.74, 6) is -43.6. The van der Waals surface area contributed by atoms with Gasteiger partial charge in [-0.25, -0.2) is 87.8 Å². The van der Waals surface area contributed by atoms with Crippen molar-refractivity contribution in [3.63, 3.8) is 0 Å². The minimum atomic E-state index is -5.55. The first-order valence-electron chi connectivity index (χ1n) is 42.0. The molecule has 2 aliphatic rings. The Bertz CT molecular complexity index is 7980. The zero-order chi connectivity index (χ0) is 102. The van der Waals surface area contributed by atoms with Gasteiger partial charge in [0.05, 0.1) is 112 Å². The lowest BCUT2D eigenvalue weighted by Crippen LogP contribution is -2.31. The van der Waals surface area contributed by atoms with Crippen molar-refractivity contribution in [1.29, 1.82) is 5.26 Å². The van der Waals surface area contributed by atoms with E-state index in [0.29, 0.717) is 43.8 Å². The summed E-state index contributed by atoms with van der Waals surface area (Å²) >= 11 is 0. The second-order valence-electron chi connectivity index (χ2n) is 33.2. The Balaban J connectivity index is 0.000000130. The van der Waals surface area contributed by atoms with E-state index in [4.69, 9.17) is 4.74 Å². The van der Waals surface area contributed by atoms with Crippen molar-refractivity contribution >= 4 is 77.7 Å². The summed E-state index contributed by atoms with van der Waals surface area (Å²) in [4.78, 5) is 3.20. The smallest absolute Gasteiger partial charge is 0.418 e. The number of rotatable bonds is 8. The van der Waals surface area contributed by atoms with Gasteiger partial charge in [0.2, 0.25) is 23.3 Å². The maximum Gasteiger partial charge on any atom is 0.418 e. The number of anilines is 6. The molecule has 142 heavy (non-hydrogen) atoms. The fourth-order valence-corrected chi connectivity index (χ4v) is 18.3. The van der Waals surface area contributed by atoms with Crippen molar-refractivity contribution in [2.75, 3.05) is 9.80 Å². The van der Waals surface area contributed by atoms with Gasteiger partial charge in [0.1, 0.15) is 6.07 Å². The van der Waals surface area contributed by atoms with Gasteiger partial charge in [-0.2, -0.15) is 44.8 Å². The van der Waals surface area contributed by atoms with E-state index < -0.39 is 196 Å². The molecule has 0 amide bonds. The highest BCUT2D eigenvalue weighted by molar-refractivity contribution is 6.11. The molecule has 0 saturated carbocycles. The molecule has 16 aromatic carbocycles. The molecule has 0 aliphatic carbocycles. The van der Waals surface area contributed by atoms with Gasteiger partial charge in [0.15, 0.2) is 105 Å². The van der Waals surface area contributed by atoms with Crippen LogP contribution in [-0.4, -0.2) is 9.13 Å². The van der Waals surface area contributed by atoms with E-state index in [0.717, 1.165) is 62.1 Å². The Hall–Kier alpha value is -16.0. The Kier molecular flexibility index (Phi) is 25.0. The molecule has 35 heteroatoms. The predicted molar refractivity (Wildman–Crippen MR) is 476 cm³/mol. The number of fused-ring (bicyclic) bond motifs is 10. The summed E-state index contributed by atoms with van der Waals surface area (Å²) in [5, 5.41) is 12.8. The summed E-state index contributed by atoms with van der Waals surface area (Å²) in [6, 6.07) is 63.8. The van der Waals surface area contributed by atoms with Gasteiger partial charge < -0.3 is 23.7 Å². The number of alkyl halides is 9. The molecule has 0 radical (unpaired) electrons. The predicted octanol–water partition coefficient (Wildman–Crippen LogP) is 34.2. The normalized spacial score (nSPS) is 12.7. The average molecular weight is 1980 g/mol. The van der Waals surface area contributed by atoms with E-state index in [1.165, 1.54) is 90.7 Å². The van der Waals surface area contributed by atoms with Gasteiger partial charge in [-0.3, -0.25) is 0 Å². The fourth-order valence-electron chi connectivity index (χ4n) is 18.3. The van der Waals surface area contributed by atoms with Crippen LogP contribution < -0.4 is 14.5 Å². The minimum absolute atomic E-state index is 0.0262. The quantitative estimate of drug-likeness (QED) is 0.0864. The van der Waals surface area contributed by atoms with Crippen molar-refractivity contribution in [2.24, 2.45) is 0 Å². The lowest BCUT2D eigenvalue weighted by Gasteiger charge is -2.42. The Labute approximate surface area is 784 Å². The second kappa shape index (κ2) is 36.3. The van der Waals surface area contributed by atoms with E-state index in [9.17, 15) is 133 Å². The first-order valence-corrected chi connectivity index (χ1v) is 42.0. The van der Waals surface area contributed by atoms with E-state index in [1.54, 1.807) is 57.2 Å². The van der Waals surface area contributed by atoms with Crippen molar-refractivity contribution in [2.45, 2.75) is 65.5 Å². The topological polar surface area (TPSA) is 49.4 Å². The standard InChI is InChI=1S/C29H19F5N2.C26H10F11N.C26H13F8NO.C26H16F5N/c1-15-12-16(22-23(30)25(32)27(34)26(33)24(22)31)13-17(14-35)28(15)36-20-10-6-4-8-18(20)29(2,3)19-9-5-7-11-21(19)36;27-19-18(20(28)22(30)23(31)21(19)29)11-9-14(25(32,33)34)24(15(10-11)26(35,36)37)38-16-7-3-1-5-12(16)13-6-2-4-8-17(13)38;1-12-10-13(19-20(27)22(29)24(31)23(30)21(19)28)11-14(26(32,33)34)25(12)35-15-6-2-4-8-17(15)36-18-9-5-3-7-16(18)35;1-13-11-15(20-21(27)23(29)25(31)24(30)22(20)28)12-14(2)26(13)32-18-9-5-3-7-16(18)17-8-4-6-10-19(17)32/h4-13H,1-3H3;1-10H;2-11H,1H3;3-12H,1-2H3. The first-order chi connectivity index (χ1) is 67.1. The number of halogens is 29. The molecule has 2 aliphatic heterocycles. The number of nitrogens with zero attached hydrogens (tertiary/aromatic N) is 5. The number of benzene rings is 16. The van der Waals surface area contributed by atoms with Crippen LogP contribution in [0.4, 0.5) is 161 Å². The van der Waals surface area contributed by atoms with Crippen LogP contribution in [-0.2, 0) is 23.9 Å². The van der Waals surface area contributed by atoms with Gasteiger partial charge in [0.25, 0.3) is 0 Å². The molecule has 6 nitrogen and oxygen atoms in total. The number of aryl methyl sites for hydroxylation is 4. The molecule has 0 atom stereocenters. The molecular weight excluding hydrogens is 1920 g/mol. The maximum atomic E-state index is 14.6. The van der Waals surface area contributed by atoms with Crippen LogP contribution in [0.5, 0.6) is 11.5 Å². The Morgan fingerprint density at radius 3 is 0.789 bits per heavy atom. The third-order valence-electron chi connectivity index (χ3n) is 24.4. The number of ether oxygens (including phenoxy) is 1. The molecule has 0 saturated heterocycles. The number of hydrogen-bond acceptors (Lipinski definition) is 4. The third kappa shape index (κ3) is 16.2. The average Bonchev–Trinajstić information content (AvgIpc) is 1.33. The van der Waals surface area contributed by atoms with Crippen LogP contribution in [0.2, 0.25) is 0 Å². The summed E-state index contributed by atoms with van der Waals surface area (Å²) in [6.07, 6.45) is -16.2. The molecule has 0 spiro atoms. The molecule has 0 N–H and O–H groups in total. The molecular formula is C107H58F29N5O. The fraction of sp³-hybridized carbons (Fsp3) is 0.0935. The highest BCUT2D eigenvalue weighted by Crippen LogP contribution is 2.58. The number of nitriles is 1. The second-order valence-corrected chi connectivity index (χ2v) is 33.2. The van der Waals surface area contributed by atoms with E-state index in [1.807, 2.05) is 102 Å². The maximum absolute atomic E-state index is 14.6. The van der Waals surface area contributed by atoms with Crippen molar-refractivity contribution in [3.05, 3.63) is 415 Å². The lowest BCUT2D eigenvalue weighted by atomic mass is 9.73. The summed E-state index contributed by atoms with van der Waals surface area (Å²) < 4.78 is 418. The van der Waals surface area contributed by atoms with Crippen molar-refractivity contribution in [1.82, 2.24) is 9.13 Å². The first kappa shape index (κ1) is 97.6. The lowest BCUT2D eigenvalue weighted by molar-refractivity contribution is -0.143. The summed E-state index contributed by atoms with van der Waals surface area (Å²) in [5.41, 5.74) is -6.72. The van der Waals surface area contributed by atoms with Crippen LogP contribution in [0.15, 0.2) is 243 Å². The SMILES string of the molecule is Cc1cc(-c2c(F)c(F)c(F)c(F)c2F)cc(C#N)c1N1c2ccccc2C(C)(C)c2ccccc21.Cc1cc(-c2c(F)c(F)c(F)c(F)c2F)cc(C(F)(F)F)c1N1c2ccccc2Oc2ccccc21.Cc1cc(-c2c(F)c(F)c(F)c(F)c2F)cc(C)c1-n1c2ccccc2c2ccccc21.Fc1c(F)c(F)c(-c2cc(C(F)(F)F)c(-n3c4ccccc4c4ccccc43)c(C(F)(F)F)c2)c(F)c1F. The monoisotopic (exact) mass is 1980 g/mol. The van der Waals surface area contributed by atoms with Crippen LogP contribution in [0.1, 0.15) is 69.5 Å². The number of aromatic nitrogens is 2. The van der Waals surface area contributed by atoms with Gasteiger partial charge in [-0.15, -0.1) is 0 Å². The van der Waals surface area contributed by atoms with E-state index >= 15 is 0 Å². The Morgan fingerprint density at radius 1 is 0.254 bits per heavy atom. The zero-order valence-corrected chi connectivity index (χ0v) is 73.2. The van der Waals surface area contributed by atoms with Crippen LogP contribution in [0.25, 0.3) is 99.5 Å². The number of para-hydroxylation sites is 10. The van der Waals surface area contributed by atoms with E-state index in [2.05, 4.69) is 24.5 Å². The Morgan fingerprint density at radius 2 is 0.479 bits per heavy atom. The highest BCUT2D eigenvalue weighted by Gasteiger charge is 2.47. The highest BCUT2D eigenvalue weighted by atomic mass is 19.4. The molecule has 0 bridgehead atoms. The molecule has 18 aromatic rings. The molecule has 2 aromatic heterocycles.